The van der Waals surface area contributed by atoms with Gasteiger partial charge in [0.1, 0.15) is 0 Å². The van der Waals surface area contributed by atoms with E-state index < -0.39 is 5.97 Å². The number of thiazole rings is 1. The number of hydrogen-bond donors (Lipinski definition) is 2. The average molecular weight is 277 g/mol. The molecule has 0 atom stereocenters. The number of anilines is 2. The summed E-state index contributed by atoms with van der Waals surface area (Å²) in [6.45, 7) is 0.515. The molecule has 0 fully saturated rings. The maximum Gasteiger partial charge on any atom is 0.365 e. The molecule has 1 heterocycles. The van der Waals surface area contributed by atoms with Gasteiger partial charge < -0.3 is 15.3 Å². The standard InChI is InChI=1S/C13H15N3O2S/c1-16(2)11-5-3-4-9(6-11)14-7-10-8-19-12(15-10)13(17)18/h3-6,8,14H,7H2,1-2H3,(H,17,18). The zero-order valence-electron chi connectivity index (χ0n) is 10.8. The van der Waals surface area contributed by atoms with Crippen LogP contribution in [0.2, 0.25) is 0 Å². The number of carbonyl (C=O) groups is 1. The van der Waals surface area contributed by atoms with Crippen molar-refractivity contribution >= 4 is 28.7 Å². The predicted molar refractivity (Wildman–Crippen MR) is 77.2 cm³/mol. The number of hydrogen-bond acceptors (Lipinski definition) is 5. The molecule has 0 unspecified atom stereocenters. The number of benzene rings is 1. The van der Waals surface area contributed by atoms with Crippen LogP contribution in [0.25, 0.3) is 0 Å². The van der Waals surface area contributed by atoms with Gasteiger partial charge >= 0.3 is 5.97 Å². The summed E-state index contributed by atoms with van der Waals surface area (Å²) in [7, 11) is 3.97. The highest BCUT2D eigenvalue weighted by molar-refractivity contribution is 7.11. The predicted octanol–water partition coefficient (Wildman–Crippen LogP) is 2.52. The first kappa shape index (κ1) is 13.4. The van der Waals surface area contributed by atoms with E-state index in [1.165, 1.54) is 0 Å². The first-order valence-corrected chi connectivity index (χ1v) is 6.63. The Bertz CT molecular complexity index is 581. The summed E-state index contributed by atoms with van der Waals surface area (Å²) < 4.78 is 0. The van der Waals surface area contributed by atoms with Gasteiger partial charge in [-0.1, -0.05) is 6.07 Å². The molecule has 0 spiro atoms. The Morgan fingerprint density at radius 1 is 1.47 bits per heavy atom. The fourth-order valence-electron chi connectivity index (χ4n) is 1.57. The van der Waals surface area contributed by atoms with Crippen molar-refractivity contribution in [1.29, 1.82) is 0 Å². The van der Waals surface area contributed by atoms with Gasteiger partial charge in [-0.3, -0.25) is 0 Å². The van der Waals surface area contributed by atoms with E-state index in [0.717, 1.165) is 28.4 Å². The molecule has 0 bridgehead atoms. The number of carboxylic acid groups (broad SMARTS) is 1. The molecule has 0 radical (unpaired) electrons. The second-order valence-electron chi connectivity index (χ2n) is 4.25. The van der Waals surface area contributed by atoms with E-state index in [1.807, 2.05) is 43.3 Å². The number of nitrogens with one attached hydrogen (secondary N) is 1. The van der Waals surface area contributed by atoms with Crippen LogP contribution < -0.4 is 10.2 Å². The van der Waals surface area contributed by atoms with Crippen LogP contribution in [-0.2, 0) is 6.54 Å². The molecule has 5 nitrogen and oxygen atoms in total. The molecule has 0 aliphatic carbocycles. The zero-order chi connectivity index (χ0) is 13.8. The zero-order valence-corrected chi connectivity index (χ0v) is 11.6. The largest absolute Gasteiger partial charge is 0.476 e. The van der Waals surface area contributed by atoms with E-state index in [2.05, 4.69) is 10.3 Å². The summed E-state index contributed by atoms with van der Waals surface area (Å²) in [5.41, 5.74) is 2.82. The maximum atomic E-state index is 10.7. The van der Waals surface area contributed by atoms with Crippen molar-refractivity contribution in [2.75, 3.05) is 24.3 Å². The summed E-state index contributed by atoms with van der Waals surface area (Å²) in [6.07, 6.45) is 0. The second kappa shape index (κ2) is 5.71. The molecule has 6 heteroatoms. The Morgan fingerprint density at radius 2 is 2.26 bits per heavy atom. The van der Waals surface area contributed by atoms with Crippen molar-refractivity contribution in [1.82, 2.24) is 4.98 Å². The number of rotatable bonds is 5. The highest BCUT2D eigenvalue weighted by Gasteiger charge is 2.08. The molecule has 1 aromatic heterocycles. The first-order chi connectivity index (χ1) is 9.06. The molecule has 0 saturated heterocycles. The van der Waals surface area contributed by atoms with Gasteiger partial charge in [-0.05, 0) is 18.2 Å². The molecule has 2 aromatic rings. The number of aromatic carboxylic acids is 1. The van der Waals surface area contributed by atoms with Crippen molar-refractivity contribution in [3.63, 3.8) is 0 Å². The number of nitrogens with zero attached hydrogens (tertiary/aromatic N) is 2. The number of aromatic nitrogens is 1. The first-order valence-electron chi connectivity index (χ1n) is 5.75. The van der Waals surface area contributed by atoms with Crippen LogP contribution in [0.15, 0.2) is 29.6 Å². The minimum Gasteiger partial charge on any atom is -0.476 e. The highest BCUT2D eigenvalue weighted by Crippen LogP contribution is 2.18. The second-order valence-corrected chi connectivity index (χ2v) is 5.11. The van der Waals surface area contributed by atoms with E-state index >= 15 is 0 Å². The Morgan fingerprint density at radius 3 is 2.89 bits per heavy atom. The molecule has 2 rings (SSSR count). The molecule has 2 N–H and O–H groups in total. The smallest absolute Gasteiger partial charge is 0.365 e. The van der Waals surface area contributed by atoms with Crippen LogP contribution in [-0.4, -0.2) is 30.2 Å². The summed E-state index contributed by atoms with van der Waals surface area (Å²) in [5.74, 6) is -0.981. The van der Waals surface area contributed by atoms with Crippen LogP contribution >= 0.6 is 11.3 Å². The Hall–Kier alpha value is -2.08. The quantitative estimate of drug-likeness (QED) is 0.879. The van der Waals surface area contributed by atoms with Crippen molar-refractivity contribution < 1.29 is 9.90 Å². The van der Waals surface area contributed by atoms with Gasteiger partial charge in [0.05, 0.1) is 12.2 Å². The van der Waals surface area contributed by atoms with E-state index in [9.17, 15) is 4.79 Å². The summed E-state index contributed by atoms with van der Waals surface area (Å²) in [4.78, 5) is 16.8. The molecule has 0 amide bonds. The van der Waals surface area contributed by atoms with Crippen LogP contribution in [0.4, 0.5) is 11.4 Å². The lowest BCUT2D eigenvalue weighted by Gasteiger charge is -2.14. The van der Waals surface area contributed by atoms with Gasteiger partial charge in [0, 0.05) is 30.9 Å². The van der Waals surface area contributed by atoms with Gasteiger partial charge in [-0.2, -0.15) is 0 Å². The summed E-state index contributed by atoms with van der Waals surface area (Å²) in [6, 6.07) is 8.00. The van der Waals surface area contributed by atoms with Crippen molar-refractivity contribution in [2.24, 2.45) is 0 Å². The fourth-order valence-corrected chi connectivity index (χ4v) is 2.23. The Kier molecular flexibility index (Phi) is 4.01. The lowest BCUT2D eigenvalue weighted by molar-refractivity contribution is 0.0696. The molecule has 1 aromatic carbocycles. The van der Waals surface area contributed by atoms with E-state index in [0.29, 0.717) is 6.54 Å². The average Bonchev–Trinajstić information content (AvgIpc) is 2.85. The minimum atomic E-state index is -0.981. The molecule has 0 aliphatic heterocycles. The third kappa shape index (κ3) is 3.45. The number of carboxylic acids is 1. The van der Waals surface area contributed by atoms with Crippen molar-refractivity contribution in [3.05, 3.63) is 40.3 Å². The molecular formula is C13H15N3O2S. The highest BCUT2D eigenvalue weighted by atomic mass is 32.1. The van der Waals surface area contributed by atoms with Crippen LogP contribution in [0, 0.1) is 0 Å². The molecule has 0 aliphatic rings. The van der Waals surface area contributed by atoms with Crippen LogP contribution in [0.1, 0.15) is 15.5 Å². The molecule has 0 saturated carbocycles. The normalized spacial score (nSPS) is 10.2. The molecule has 100 valence electrons. The van der Waals surface area contributed by atoms with Gasteiger partial charge in [-0.25, -0.2) is 9.78 Å². The Balaban J connectivity index is 2.01. The third-order valence-corrected chi connectivity index (χ3v) is 3.45. The summed E-state index contributed by atoms with van der Waals surface area (Å²) in [5, 5.41) is 13.9. The van der Waals surface area contributed by atoms with E-state index in [4.69, 9.17) is 5.11 Å². The fraction of sp³-hybridized carbons (Fsp3) is 0.231. The monoisotopic (exact) mass is 277 g/mol. The van der Waals surface area contributed by atoms with Crippen LogP contribution in [0.5, 0.6) is 0 Å². The van der Waals surface area contributed by atoms with Gasteiger partial charge in [0.25, 0.3) is 0 Å². The van der Waals surface area contributed by atoms with Crippen molar-refractivity contribution in [3.8, 4) is 0 Å². The van der Waals surface area contributed by atoms with Crippen LogP contribution in [0.3, 0.4) is 0 Å². The van der Waals surface area contributed by atoms with Gasteiger partial charge in [0.15, 0.2) is 0 Å². The lowest BCUT2D eigenvalue weighted by atomic mass is 10.2. The van der Waals surface area contributed by atoms with Gasteiger partial charge in [-0.15, -0.1) is 11.3 Å². The summed E-state index contributed by atoms with van der Waals surface area (Å²) >= 11 is 1.14. The van der Waals surface area contributed by atoms with E-state index in [1.54, 1.807) is 5.38 Å². The SMILES string of the molecule is CN(C)c1cccc(NCc2csc(C(=O)O)n2)c1. The molecule has 19 heavy (non-hydrogen) atoms. The van der Waals surface area contributed by atoms with Gasteiger partial charge in [0.2, 0.25) is 5.01 Å². The topological polar surface area (TPSA) is 65.5 Å². The lowest BCUT2D eigenvalue weighted by Crippen LogP contribution is -2.09. The maximum absolute atomic E-state index is 10.7. The van der Waals surface area contributed by atoms with Crippen molar-refractivity contribution in [2.45, 2.75) is 6.54 Å². The minimum absolute atomic E-state index is 0.124. The van der Waals surface area contributed by atoms with E-state index in [-0.39, 0.29) is 5.01 Å². The molecular weight excluding hydrogens is 262 g/mol. The third-order valence-electron chi connectivity index (χ3n) is 2.57. The Labute approximate surface area is 115 Å².